The predicted molar refractivity (Wildman–Crippen MR) is 187 cm³/mol. The number of aromatic amines is 1. The van der Waals surface area contributed by atoms with E-state index in [4.69, 9.17) is 0 Å². The number of fused-ring (bicyclic) bond motifs is 8. The van der Waals surface area contributed by atoms with Crippen LogP contribution in [0.2, 0.25) is 0 Å². The van der Waals surface area contributed by atoms with Crippen LogP contribution in [0.5, 0.6) is 0 Å². The van der Waals surface area contributed by atoms with Crippen molar-refractivity contribution in [3.63, 3.8) is 0 Å². The summed E-state index contributed by atoms with van der Waals surface area (Å²) in [5, 5.41) is 25.2. The van der Waals surface area contributed by atoms with Crippen molar-refractivity contribution in [1.29, 1.82) is 0 Å². The average molecular weight is 657 g/mol. The molecule has 5 aliphatic carbocycles. The highest BCUT2D eigenvalue weighted by Gasteiger charge is 2.70. The van der Waals surface area contributed by atoms with Crippen LogP contribution in [0.3, 0.4) is 0 Å². The molecular weight excluding hydrogens is 600 g/mol. The standard InChI is InChI=1S/C41H56N2O5/c1-36(2)31-12-15-41(7)33(39(31,5)14-13-32(36)45)30(44)21-26-27-22-38(4,17-16-37(27,3)18-19-40(26,41)6)35(48)43-29(34(46)47)20-24-23-42-28-11-9-8-10-25(24)28/h8-11,21,23,27,29,31-33,42,45H,12-20,22H2,1-7H3,(H,43,48)(H,46,47)/t27-,29-,31-,32-,33+,37+,38-,39-,40+,41+/m0/s1. The third kappa shape index (κ3) is 4.58. The van der Waals surface area contributed by atoms with Crippen LogP contribution >= 0.6 is 0 Å². The highest BCUT2D eigenvalue weighted by atomic mass is 16.4. The Labute approximate surface area is 285 Å². The fraction of sp³-hybridized carbons (Fsp3) is 0.683. The van der Waals surface area contributed by atoms with Gasteiger partial charge in [-0.15, -0.1) is 0 Å². The van der Waals surface area contributed by atoms with E-state index in [2.05, 4.69) is 51.8 Å². The van der Waals surface area contributed by atoms with Crippen molar-refractivity contribution in [3.05, 3.63) is 47.7 Å². The van der Waals surface area contributed by atoms with Crippen molar-refractivity contribution >= 4 is 28.6 Å². The molecule has 7 heteroatoms. The molecule has 0 unspecified atom stereocenters. The molecule has 1 aromatic heterocycles. The zero-order valence-electron chi connectivity index (χ0n) is 30.0. The molecule has 0 radical (unpaired) electrons. The van der Waals surface area contributed by atoms with Gasteiger partial charge in [0.15, 0.2) is 5.78 Å². The molecule has 7 nitrogen and oxygen atoms in total. The number of amides is 1. The second-order valence-electron chi connectivity index (χ2n) is 18.6. The number of hydrogen-bond donors (Lipinski definition) is 4. The largest absolute Gasteiger partial charge is 0.480 e. The van der Waals surface area contributed by atoms with E-state index in [9.17, 15) is 24.6 Å². The minimum Gasteiger partial charge on any atom is -0.480 e. The Balaban J connectivity index is 1.19. The number of aliphatic hydroxyl groups excluding tert-OH is 1. The zero-order chi connectivity index (χ0) is 34.7. The third-order valence-corrected chi connectivity index (χ3v) is 15.8. The van der Waals surface area contributed by atoms with Crippen LogP contribution in [0.25, 0.3) is 10.9 Å². The second kappa shape index (κ2) is 10.8. The molecule has 0 bridgehead atoms. The number of hydrogen-bond acceptors (Lipinski definition) is 4. The van der Waals surface area contributed by atoms with Crippen molar-refractivity contribution in [1.82, 2.24) is 10.3 Å². The first-order valence-electron chi connectivity index (χ1n) is 18.4. The first kappa shape index (κ1) is 33.6. The van der Waals surface area contributed by atoms with Gasteiger partial charge in [-0.25, -0.2) is 4.79 Å². The number of aromatic nitrogens is 1. The van der Waals surface area contributed by atoms with Crippen LogP contribution in [0.4, 0.5) is 0 Å². The third-order valence-electron chi connectivity index (χ3n) is 15.8. The summed E-state index contributed by atoms with van der Waals surface area (Å²) in [6.07, 6.45) is 11.6. The number of aliphatic carboxylic acids is 1. The van der Waals surface area contributed by atoms with Gasteiger partial charge in [0.2, 0.25) is 5.91 Å². The number of benzene rings is 1. The number of aliphatic hydroxyl groups is 1. The number of allylic oxidation sites excluding steroid dienone is 2. The number of carbonyl (C=O) groups excluding carboxylic acids is 2. The molecule has 1 amide bonds. The quantitative estimate of drug-likeness (QED) is 0.264. The maximum atomic E-state index is 14.6. The maximum Gasteiger partial charge on any atom is 0.326 e. The van der Waals surface area contributed by atoms with Crippen LogP contribution in [-0.4, -0.2) is 45.0 Å². The van der Waals surface area contributed by atoms with Gasteiger partial charge in [-0.1, -0.05) is 72.2 Å². The Morgan fingerprint density at radius 3 is 2.40 bits per heavy atom. The molecule has 1 heterocycles. The molecule has 1 aromatic carbocycles. The number of nitrogens with one attached hydrogen (secondary N) is 2. The lowest BCUT2D eigenvalue weighted by Crippen LogP contribution is -2.66. The monoisotopic (exact) mass is 656 g/mol. The molecule has 0 aliphatic heterocycles. The fourth-order valence-corrected chi connectivity index (χ4v) is 12.4. The number of H-pyrrole nitrogens is 1. The lowest BCUT2D eigenvalue weighted by molar-refractivity contribution is -0.202. The molecule has 4 saturated carbocycles. The van der Waals surface area contributed by atoms with Crippen molar-refractivity contribution < 1.29 is 24.6 Å². The van der Waals surface area contributed by atoms with Crippen LogP contribution < -0.4 is 5.32 Å². The van der Waals surface area contributed by atoms with Crippen LogP contribution in [-0.2, 0) is 20.8 Å². The summed E-state index contributed by atoms with van der Waals surface area (Å²) in [4.78, 5) is 44.6. The summed E-state index contributed by atoms with van der Waals surface area (Å²) in [7, 11) is 0. The highest BCUT2D eigenvalue weighted by molar-refractivity contribution is 5.96. The summed E-state index contributed by atoms with van der Waals surface area (Å²) < 4.78 is 0. The molecule has 2 aromatic rings. The number of carboxylic acid groups (broad SMARTS) is 1. The molecule has 4 N–H and O–H groups in total. The molecular formula is C41H56N2O5. The van der Waals surface area contributed by atoms with Crippen LogP contribution in [0.15, 0.2) is 42.1 Å². The van der Waals surface area contributed by atoms with E-state index < -0.39 is 17.4 Å². The molecule has 0 spiro atoms. The van der Waals surface area contributed by atoms with Crippen molar-refractivity contribution in [2.24, 2.45) is 50.2 Å². The van der Waals surface area contributed by atoms with Crippen LogP contribution in [0.1, 0.15) is 112 Å². The van der Waals surface area contributed by atoms with Gasteiger partial charge in [-0.3, -0.25) is 9.59 Å². The first-order chi connectivity index (χ1) is 22.4. The van der Waals surface area contributed by atoms with Gasteiger partial charge in [0, 0.05) is 34.9 Å². The Kier molecular flexibility index (Phi) is 7.54. The molecule has 260 valence electrons. The van der Waals surface area contributed by atoms with E-state index in [1.807, 2.05) is 43.5 Å². The van der Waals surface area contributed by atoms with Gasteiger partial charge in [0.05, 0.1) is 6.10 Å². The predicted octanol–water partition coefficient (Wildman–Crippen LogP) is 7.62. The fourth-order valence-electron chi connectivity index (χ4n) is 12.4. The zero-order valence-corrected chi connectivity index (χ0v) is 30.0. The number of carbonyl (C=O) groups is 3. The molecule has 7 rings (SSSR count). The number of para-hydroxylation sites is 1. The minimum atomic E-state index is -1.04. The normalized spacial score (nSPS) is 42.4. The Morgan fingerprint density at radius 2 is 1.67 bits per heavy atom. The summed E-state index contributed by atoms with van der Waals surface area (Å²) in [6.45, 7) is 15.9. The molecule has 5 aliphatic rings. The summed E-state index contributed by atoms with van der Waals surface area (Å²) in [6, 6.07) is 6.77. The van der Waals surface area contributed by atoms with Crippen LogP contribution in [0, 0.1) is 50.2 Å². The topological polar surface area (TPSA) is 119 Å². The average Bonchev–Trinajstić information content (AvgIpc) is 3.43. The summed E-state index contributed by atoms with van der Waals surface area (Å²) >= 11 is 0. The lowest BCUT2D eigenvalue weighted by atomic mass is 9.33. The van der Waals surface area contributed by atoms with Gasteiger partial charge in [-0.05, 0) is 114 Å². The maximum absolute atomic E-state index is 14.6. The second-order valence-corrected chi connectivity index (χ2v) is 18.6. The van der Waals surface area contributed by atoms with Gasteiger partial charge in [-0.2, -0.15) is 0 Å². The van der Waals surface area contributed by atoms with E-state index in [-0.39, 0.29) is 69.0 Å². The van der Waals surface area contributed by atoms with E-state index in [1.54, 1.807) is 0 Å². The van der Waals surface area contributed by atoms with E-state index >= 15 is 0 Å². The van der Waals surface area contributed by atoms with Gasteiger partial charge < -0.3 is 20.5 Å². The van der Waals surface area contributed by atoms with Gasteiger partial charge in [0.1, 0.15) is 6.04 Å². The van der Waals surface area contributed by atoms with Crippen molar-refractivity contribution in [2.45, 2.75) is 125 Å². The Bertz CT molecular complexity index is 1710. The highest BCUT2D eigenvalue weighted by Crippen LogP contribution is 2.75. The van der Waals surface area contributed by atoms with Crippen molar-refractivity contribution in [3.8, 4) is 0 Å². The Hall–Kier alpha value is -2.93. The molecule has 0 saturated heterocycles. The first-order valence-corrected chi connectivity index (χ1v) is 18.4. The summed E-state index contributed by atoms with van der Waals surface area (Å²) in [5.74, 6) is -0.717. The smallest absolute Gasteiger partial charge is 0.326 e. The van der Waals surface area contributed by atoms with Gasteiger partial charge >= 0.3 is 5.97 Å². The number of carboxylic acids is 1. The molecule has 48 heavy (non-hydrogen) atoms. The van der Waals surface area contributed by atoms with Crippen molar-refractivity contribution in [2.75, 3.05) is 0 Å². The molecule has 10 atom stereocenters. The van der Waals surface area contributed by atoms with Gasteiger partial charge in [0.25, 0.3) is 0 Å². The lowest BCUT2D eigenvalue weighted by Gasteiger charge is -2.70. The number of rotatable bonds is 5. The minimum absolute atomic E-state index is 0.0110. The number of ketones is 1. The van der Waals surface area contributed by atoms with E-state index in [1.165, 1.54) is 5.57 Å². The van der Waals surface area contributed by atoms with E-state index in [0.717, 1.165) is 61.4 Å². The van der Waals surface area contributed by atoms with E-state index in [0.29, 0.717) is 12.8 Å². The SMILES string of the molecule is CC1(C)[C@@H](O)CC[C@]2(C)[C@H]3C(=O)C=C4[C@@H]5C[C@@](C)(C(=O)N[C@@H](Cc6c[nH]c7ccccc67)C(=O)O)CC[C@]5(C)CC[C@@]4(C)[C@]3(C)CC[C@@H]12. The molecule has 4 fully saturated rings. The Morgan fingerprint density at radius 1 is 0.958 bits per heavy atom. The summed E-state index contributed by atoms with van der Waals surface area (Å²) in [5.41, 5.74) is 1.52.